The minimum atomic E-state index is -0.0998. The fraction of sp³-hybridized carbons (Fsp3) is 0.636. The van der Waals surface area contributed by atoms with E-state index in [0.29, 0.717) is 18.1 Å². The van der Waals surface area contributed by atoms with Crippen molar-refractivity contribution < 1.29 is 5.11 Å². The number of aliphatic hydroxyl groups excluding tert-OH is 1. The van der Waals surface area contributed by atoms with E-state index in [1.807, 2.05) is 0 Å². The van der Waals surface area contributed by atoms with Gasteiger partial charge in [0.05, 0.1) is 18.5 Å². The number of nitrogens with zero attached hydrogens (tertiary/aromatic N) is 2. The Balaban J connectivity index is 2.66. The highest BCUT2D eigenvalue weighted by Crippen LogP contribution is 2.26. The average Bonchev–Trinajstić information content (AvgIpc) is 2.34. The molecule has 1 aromatic rings. The predicted molar refractivity (Wildman–Crippen MR) is 65.0 cm³/mol. The van der Waals surface area contributed by atoms with Gasteiger partial charge in [-0.25, -0.2) is 9.97 Å². The summed E-state index contributed by atoms with van der Waals surface area (Å²) in [6.07, 6.45) is 4.85. The second kappa shape index (κ2) is 5.65. The van der Waals surface area contributed by atoms with Gasteiger partial charge in [0.2, 0.25) is 0 Å². The van der Waals surface area contributed by atoms with Crippen molar-refractivity contribution in [2.45, 2.75) is 26.7 Å². The van der Waals surface area contributed by atoms with E-state index in [4.69, 9.17) is 5.73 Å². The molecule has 0 spiro atoms. The van der Waals surface area contributed by atoms with Crippen LogP contribution in [0.1, 0.15) is 26.7 Å². The number of nitrogens with two attached hydrogens (primary N) is 1. The Morgan fingerprint density at radius 1 is 1.44 bits per heavy atom. The van der Waals surface area contributed by atoms with Crippen molar-refractivity contribution >= 4 is 11.5 Å². The molecule has 90 valence electrons. The van der Waals surface area contributed by atoms with Crippen LogP contribution in [-0.2, 0) is 0 Å². The molecule has 0 amide bonds. The zero-order valence-electron chi connectivity index (χ0n) is 9.90. The SMILES string of the molecule is CCC(CC)(CO)CNc1ncncc1N. The van der Waals surface area contributed by atoms with Gasteiger partial charge in [0.1, 0.15) is 6.33 Å². The van der Waals surface area contributed by atoms with E-state index in [2.05, 4.69) is 29.1 Å². The van der Waals surface area contributed by atoms with Crippen LogP contribution in [0.4, 0.5) is 11.5 Å². The van der Waals surface area contributed by atoms with E-state index in [1.54, 1.807) is 6.20 Å². The molecule has 4 N–H and O–H groups in total. The van der Waals surface area contributed by atoms with E-state index in [0.717, 1.165) is 12.8 Å². The van der Waals surface area contributed by atoms with Crippen LogP contribution in [-0.4, -0.2) is 28.2 Å². The maximum Gasteiger partial charge on any atom is 0.152 e. The smallest absolute Gasteiger partial charge is 0.152 e. The van der Waals surface area contributed by atoms with Crippen molar-refractivity contribution in [3.05, 3.63) is 12.5 Å². The molecule has 1 heterocycles. The fourth-order valence-electron chi connectivity index (χ4n) is 1.54. The van der Waals surface area contributed by atoms with Gasteiger partial charge in [-0.2, -0.15) is 0 Å². The molecule has 0 fully saturated rings. The molecule has 5 nitrogen and oxygen atoms in total. The summed E-state index contributed by atoms with van der Waals surface area (Å²) in [5.74, 6) is 0.634. The van der Waals surface area contributed by atoms with Crippen LogP contribution in [0.3, 0.4) is 0 Å². The maximum absolute atomic E-state index is 9.42. The molecular weight excluding hydrogens is 204 g/mol. The lowest BCUT2D eigenvalue weighted by Crippen LogP contribution is -2.32. The van der Waals surface area contributed by atoms with Crippen molar-refractivity contribution in [3.8, 4) is 0 Å². The van der Waals surface area contributed by atoms with Crippen molar-refractivity contribution in [3.63, 3.8) is 0 Å². The van der Waals surface area contributed by atoms with Gasteiger partial charge in [-0.05, 0) is 12.8 Å². The molecule has 0 unspecified atom stereocenters. The van der Waals surface area contributed by atoms with Gasteiger partial charge in [0.25, 0.3) is 0 Å². The molecular formula is C11H20N4O. The number of hydrogen-bond donors (Lipinski definition) is 3. The molecule has 0 bridgehead atoms. The van der Waals surface area contributed by atoms with Crippen molar-refractivity contribution in [1.29, 1.82) is 0 Å². The lowest BCUT2D eigenvalue weighted by atomic mass is 9.83. The minimum absolute atomic E-state index is 0.0998. The first-order valence-electron chi connectivity index (χ1n) is 5.57. The summed E-state index contributed by atoms with van der Waals surface area (Å²) in [5.41, 5.74) is 6.15. The molecule has 16 heavy (non-hydrogen) atoms. The zero-order chi connectivity index (χ0) is 12.0. The Bertz CT molecular complexity index is 317. The third-order valence-corrected chi connectivity index (χ3v) is 3.21. The van der Waals surface area contributed by atoms with Gasteiger partial charge in [0, 0.05) is 12.0 Å². The number of aliphatic hydroxyl groups is 1. The van der Waals surface area contributed by atoms with Crippen LogP contribution in [0, 0.1) is 5.41 Å². The zero-order valence-corrected chi connectivity index (χ0v) is 9.90. The number of aromatic nitrogens is 2. The molecule has 5 heteroatoms. The number of anilines is 2. The van der Waals surface area contributed by atoms with Gasteiger partial charge in [-0.1, -0.05) is 13.8 Å². The van der Waals surface area contributed by atoms with E-state index in [1.165, 1.54) is 6.33 Å². The summed E-state index contributed by atoms with van der Waals surface area (Å²) < 4.78 is 0. The molecule has 0 aliphatic heterocycles. The first-order valence-corrected chi connectivity index (χ1v) is 5.57. The summed E-state index contributed by atoms with van der Waals surface area (Å²) in [4.78, 5) is 7.88. The second-order valence-corrected chi connectivity index (χ2v) is 4.05. The quantitative estimate of drug-likeness (QED) is 0.677. The second-order valence-electron chi connectivity index (χ2n) is 4.05. The van der Waals surface area contributed by atoms with Gasteiger partial charge in [-0.3, -0.25) is 0 Å². The van der Waals surface area contributed by atoms with E-state index in [9.17, 15) is 5.11 Å². The predicted octanol–water partition coefficient (Wildman–Crippen LogP) is 1.27. The van der Waals surface area contributed by atoms with E-state index < -0.39 is 0 Å². The molecule has 0 aliphatic carbocycles. The largest absolute Gasteiger partial charge is 0.396 e. The van der Waals surface area contributed by atoms with Crippen molar-refractivity contribution in [1.82, 2.24) is 9.97 Å². The van der Waals surface area contributed by atoms with Crippen LogP contribution >= 0.6 is 0 Å². The summed E-state index contributed by atoms with van der Waals surface area (Å²) >= 11 is 0. The summed E-state index contributed by atoms with van der Waals surface area (Å²) in [6, 6.07) is 0. The molecule has 0 aliphatic rings. The first-order chi connectivity index (χ1) is 7.67. The molecule has 0 radical (unpaired) electrons. The van der Waals surface area contributed by atoms with Crippen molar-refractivity contribution in [2.24, 2.45) is 5.41 Å². The topological polar surface area (TPSA) is 84.1 Å². The van der Waals surface area contributed by atoms with Gasteiger partial charge in [0.15, 0.2) is 5.82 Å². The molecule has 1 aromatic heterocycles. The Kier molecular flexibility index (Phi) is 4.49. The first kappa shape index (κ1) is 12.7. The molecule has 0 saturated carbocycles. The fourth-order valence-corrected chi connectivity index (χ4v) is 1.54. The number of nitrogens with one attached hydrogen (secondary N) is 1. The Morgan fingerprint density at radius 2 is 2.12 bits per heavy atom. The minimum Gasteiger partial charge on any atom is -0.396 e. The Hall–Kier alpha value is -1.36. The highest BCUT2D eigenvalue weighted by Gasteiger charge is 2.25. The van der Waals surface area contributed by atoms with Crippen LogP contribution in [0.15, 0.2) is 12.5 Å². The third-order valence-electron chi connectivity index (χ3n) is 3.21. The van der Waals surface area contributed by atoms with Crippen LogP contribution in [0.5, 0.6) is 0 Å². The van der Waals surface area contributed by atoms with E-state index in [-0.39, 0.29) is 12.0 Å². The normalized spacial score (nSPS) is 11.4. The lowest BCUT2D eigenvalue weighted by Gasteiger charge is -2.29. The summed E-state index contributed by atoms with van der Waals surface area (Å²) in [5, 5.41) is 12.6. The Morgan fingerprint density at radius 3 is 2.62 bits per heavy atom. The van der Waals surface area contributed by atoms with Crippen LogP contribution < -0.4 is 11.1 Å². The lowest BCUT2D eigenvalue weighted by molar-refractivity contribution is 0.127. The number of hydrogen-bond acceptors (Lipinski definition) is 5. The van der Waals surface area contributed by atoms with Crippen molar-refractivity contribution in [2.75, 3.05) is 24.2 Å². The third kappa shape index (κ3) is 2.82. The Labute approximate surface area is 96.1 Å². The average molecular weight is 224 g/mol. The monoisotopic (exact) mass is 224 g/mol. The van der Waals surface area contributed by atoms with Gasteiger partial charge in [-0.15, -0.1) is 0 Å². The number of nitrogen functional groups attached to an aromatic ring is 1. The summed E-state index contributed by atoms with van der Waals surface area (Å²) in [6.45, 7) is 4.98. The molecule has 0 aromatic carbocycles. The van der Waals surface area contributed by atoms with Gasteiger partial charge >= 0.3 is 0 Å². The molecule has 0 atom stereocenters. The standard InChI is InChI=1S/C11H20N4O/c1-3-11(4-2,7-16)6-14-10-9(12)5-13-8-15-10/h5,8,16H,3-4,6-7,12H2,1-2H3,(H,13,14,15). The molecule has 1 rings (SSSR count). The van der Waals surface area contributed by atoms with Crippen LogP contribution in [0.2, 0.25) is 0 Å². The summed E-state index contributed by atoms with van der Waals surface area (Å²) in [7, 11) is 0. The number of rotatable bonds is 6. The maximum atomic E-state index is 9.42. The van der Waals surface area contributed by atoms with Crippen LogP contribution in [0.25, 0.3) is 0 Å². The van der Waals surface area contributed by atoms with Gasteiger partial charge < -0.3 is 16.2 Å². The molecule has 0 saturated heterocycles. The highest BCUT2D eigenvalue weighted by molar-refractivity contribution is 5.58. The highest BCUT2D eigenvalue weighted by atomic mass is 16.3. The van der Waals surface area contributed by atoms with E-state index >= 15 is 0 Å².